The minimum atomic E-state index is -1.27. The first-order valence-corrected chi connectivity index (χ1v) is 10.1. The molecule has 1 aliphatic heterocycles. The summed E-state index contributed by atoms with van der Waals surface area (Å²) in [4.78, 5) is 44.9. The van der Waals surface area contributed by atoms with Gasteiger partial charge in [-0.05, 0) is 19.3 Å². The second-order valence-corrected chi connectivity index (χ2v) is 8.19. The average molecular weight is 378 g/mol. The van der Waals surface area contributed by atoms with Gasteiger partial charge in [0.05, 0.1) is 6.42 Å². The summed E-state index contributed by atoms with van der Waals surface area (Å²) in [6.07, 6.45) is 3.43. The van der Waals surface area contributed by atoms with E-state index in [1.54, 1.807) is 0 Å². The third kappa shape index (κ3) is 9.02. The lowest BCUT2D eigenvalue weighted by atomic mass is 10.1. The Morgan fingerprint density at radius 3 is 2.46 bits per heavy atom. The fourth-order valence-corrected chi connectivity index (χ4v) is 5.19. The summed E-state index contributed by atoms with van der Waals surface area (Å²) in [5.74, 6) is -2.54. The van der Waals surface area contributed by atoms with E-state index in [0.29, 0.717) is 11.7 Å². The molecular formula is C14H22N2O6S2. The summed E-state index contributed by atoms with van der Waals surface area (Å²) in [7, 11) is 3.75. The molecule has 0 saturated carbocycles. The quantitative estimate of drug-likeness (QED) is 0.307. The molecule has 2 atom stereocenters. The molecule has 0 radical (unpaired) electrons. The van der Waals surface area contributed by atoms with Crippen molar-refractivity contribution in [1.29, 1.82) is 0 Å². The molecule has 0 bridgehead atoms. The standard InChI is InChI=1S/C14H22N2O6S2/c17-11(4-2-1-3-9-5-6-23-24-9)16-10(7-12(18)19)14(22)15-8-13(20)21/h9-10H,1-8H2,(H,15,22)(H,16,17)(H,18,19)(H,20,21)/t9?,10-/m0/s1. The van der Waals surface area contributed by atoms with E-state index in [1.165, 1.54) is 6.42 Å². The molecule has 4 N–H and O–H groups in total. The number of amides is 2. The molecule has 24 heavy (non-hydrogen) atoms. The van der Waals surface area contributed by atoms with Crippen LogP contribution in [-0.2, 0) is 19.2 Å². The molecule has 10 heteroatoms. The number of carbonyl (C=O) groups excluding carboxylic acids is 2. The van der Waals surface area contributed by atoms with Crippen LogP contribution in [0.2, 0.25) is 0 Å². The maximum atomic E-state index is 11.9. The van der Waals surface area contributed by atoms with E-state index in [9.17, 15) is 19.2 Å². The number of carbonyl (C=O) groups is 4. The number of unbranched alkanes of at least 4 members (excludes halogenated alkanes) is 1. The van der Waals surface area contributed by atoms with Crippen molar-refractivity contribution >= 4 is 45.3 Å². The maximum absolute atomic E-state index is 11.9. The molecule has 0 aromatic heterocycles. The van der Waals surface area contributed by atoms with Crippen LogP contribution in [0.4, 0.5) is 0 Å². The van der Waals surface area contributed by atoms with Gasteiger partial charge in [-0.25, -0.2) is 0 Å². The topological polar surface area (TPSA) is 133 Å². The van der Waals surface area contributed by atoms with Crippen LogP contribution in [0.5, 0.6) is 0 Å². The molecule has 1 heterocycles. The highest BCUT2D eigenvalue weighted by Gasteiger charge is 2.24. The van der Waals surface area contributed by atoms with E-state index in [2.05, 4.69) is 10.6 Å². The Bertz CT molecular complexity index is 468. The van der Waals surface area contributed by atoms with Gasteiger partial charge in [0.25, 0.3) is 0 Å². The molecule has 1 saturated heterocycles. The lowest BCUT2D eigenvalue weighted by molar-refractivity contribution is -0.141. The Morgan fingerprint density at radius 1 is 1.12 bits per heavy atom. The lowest BCUT2D eigenvalue weighted by Crippen LogP contribution is -2.48. The summed E-state index contributed by atoms with van der Waals surface area (Å²) >= 11 is 0. The number of rotatable bonds is 11. The van der Waals surface area contributed by atoms with E-state index < -0.39 is 42.8 Å². The summed E-state index contributed by atoms with van der Waals surface area (Å²) in [5.41, 5.74) is 0. The zero-order valence-corrected chi connectivity index (χ0v) is 14.8. The maximum Gasteiger partial charge on any atom is 0.322 e. The molecule has 0 aliphatic carbocycles. The summed E-state index contributed by atoms with van der Waals surface area (Å²) in [6, 6.07) is -1.27. The molecule has 0 aromatic rings. The smallest absolute Gasteiger partial charge is 0.322 e. The second kappa shape index (κ2) is 11.2. The van der Waals surface area contributed by atoms with Crippen LogP contribution < -0.4 is 10.6 Å². The Morgan fingerprint density at radius 2 is 1.88 bits per heavy atom. The van der Waals surface area contributed by atoms with Crippen LogP contribution in [0.1, 0.15) is 38.5 Å². The number of aliphatic carboxylic acids is 2. The van der Waals surface area contributed by atoms with E-state index >= 15 is 0 Å². The van der Waals surface area contributed by atoms with Crippen LogP contribution in [0.25, 0.3) is 0 Å². The Labute approximate surface area is 147 Å². The van der Waals surface area contributed by atoms with Crippen molar-refractivity contribution in [1.82, 2.24) is 10.6 Å². The number of carboxylic acids is 2. The highest BCUT2D eigenvalue weighted by Crippen LogP contribution is 2.39. The molecule has 8 nitrogen and oxygen atoms in total. The SMILES string of the molecule is O=C(O)CNC(=O)[C@H](CC(=O)O)NC(=O)CCCCC1CCSS1. The summed E-state index contributed by atoms with van der Waals surface area (Å²) in [5, 5.41) is 22.4. The van der Waals surface area contributed by atoms with Gasteiger partial charge >= 0.3 is 11.9 Å². The predicted molar refractivity (Wildman–Crippen MR) is 91.8 cm³/mol. The molecule has 0 aromatic carbocycles. The van der Waals surface area contributed by atoms with Crippen molar-refractivity contribution in [2.45, 2.75) is 49.8 Å². The number of carboxylic acid groups (broad SMARTS) is 2. The van der Waals surface area contributed by atoms with Gasteiger partial charge in [-0.3, -0.25) is 19.2 Å². The first-order valence-electron chi connectivity index (χ1n) is 7.67. The number of hydrogen-bond donors (Lipinski definition) is 4. The van der Waals surface area contributed by atoms with Crippen molar-refractivity contribution < 1.29 is 29.4 Å². The number of hydrogen-bond acceptors (Lipinski definition) is 6. The molecule has 1 rings (SSSR count). The van der Waals surface area contributed by atoms with Crippen molar-refractivity contribution in [3.8, 4) is 0 Å². The Hall–Kier alpha value is -1.42. The summed E-state index contributed by atoms with van der Waals surface area (Å²) < 4.78 is 0. The third-order valence-corrected chi connectivity index (χ3v) is 6.36. The highest BCUT2D eigenvalue weighted by atomic mass is 33.1. The second-order valence-electron chi connectivity index (χ2n) is 5.40. The van der Waals surface area contributed by atoms with Crippen molar-refractivity contribution in [3.05, 3.63) is 0 Å². The minimum absolute atomic E-state index is 0.215. The van der Waals surface area contributed by atoms with E-state index in [1.807, 2.05) is 21.6 Å². The first kappa shape index (κ1) is 20.6. The summed E-state index contributed by atoms with van der Waals surface area (Å²) in [6.45, 7) is -0.623. The van der Waals surface area contributed by atoms with Gasteiger partial charge in [-0.2, -0.15) is 0 Å². The molecule has 1 aliphatic rings. The van der Waals surface area contributed by atoms with Crippen molar-refractivity contribution in [3.63, 3.8) is 0 Å². The fourth-order valence-electron chi connectivity index (χ4n) is 2.16. The van der Waals surface area contributed by atoms with E-state index in [0.717, 1.165) is 18.6 Å². The predicted octanol–water partition coefficient (Wildman–Crippen LogP) is 0.861. The molecule has 0 spiro atoms. The molecular weight excluding hydrogens is 356 g/mol. The van der Waals surface area contributed by atoms with Gasteiger partial charge < -0.3 is 20.8 Å². The van der Waals surface area contributed by atoms with Crippen LogP contribution in [0.3, 0.4) is 0 Å². The van der Waals surface area contributed by atoms with Crippen molar-refractivity contribution in [2.24, 2.45) is 0 Å². The Kier molecular flexibility index (Phi) is 9.62. The van der Waals surface area contributed by atoms with Gasteiger partial charge in [0.1, 0.15) is 12.6 Å². The monoisotopic (exact) mass is 378 g/mol. The zero-order chi connectivity index (χ0) is 17.9. The fraction of sp³-hybridized carbons (Fsp3) is 0.714. The Balaban J connectivity index is 2.32. The zero-order valence-electron chi connectivity index (χ0n) is 13.2. The normalized spacial score (nSPS) is 17.9. The van der Waals surface area contributed by atoms with Crippen LogP contribution in [0, 0.1) is 0 Å². The third-order valence-electron chi connectivity index (χ3n) is 3.35. The molecule has 1 fully saturated rings. The van der Waals surface area contributed by atoms with Crippen LogP contribution in [-0.4, -0.2) is 57.6 Å². The lowest BCUT2D eigenvalue weighted by Gasteiger charge is -2.16. The minimum Gasteiger partial charge on any atom is -0.481 e. The van der Waals surface area contributed by atoms with E-state index in [-0.39, 0.29) is 6.42 Å². The van der Waals surface area contributed by atoms with Gasteiger partial charge in [0, 0.05) is 17.4 Å². The van der Waals surface area contributed by atoms with Gasteiger partial charge in [0.15, 0.2) is 0 Å². The van der Waals surface area contributed by atoms with Gasteiger partial charge in [-0.1, -0.05) is 28.0 Å². The van der Waals surface area contributed by atoms with E-state index in [4.69, 9.17) is 10.2 Å². The van der Waals surface area contributed by atoms with Crippen LogP contribution >= 0.6 is 21.6 Å². The number of nitrogens with one attached hydrogen (secondary N) is 2. The first-order chi connectivity index (χ1) is 11.4. The van der Waals surface area contributed by atoms with Gasteiger partial charge in [0.2, 0.25) is 11.8 Å². The average Bonchev–Trinajstić information content (AvgIpc) is 3.01. The van der Waals surface area contributed by atoms with Crippen molar-refractivity contribution in [2.75, 3.05) is 12.3 Å². The molecule has 2 amide bonds. The largest absolute Gasteiger partial charge is 0.481 e. The van der Waals surface area contributed by atoms with Gasteiger partial charge in [-0.15, -0.1) is 0 Å². The highest BCUT2D eigenvalue weighted by molar-refractivity contribution is 8.77. The molecule has 1 unspecified atom stereocenters. The molecule has 136 valence electrons. The van der Waals surface area contributed by atoms with Crippen LogP contribution in [0.15, 0.2) is 0 Å².